The molecule has 1 N–H and O–H groups in total. The van der Waals surface area contributed by atoms with E-state index in [2.05, 4.69) is 37.7 Å². The molecule has 1 saturated heterocycles. The van der Waals surface area contributed by atoms with Crippen molar-refractivity contribution in [2.24, 2.45) is 0 Å². The molecule has 0 aromatic rings. The van der Waals surface area contributed by atoms with Crippen molar-refractivity contribution in [3.8, 4) is 0 Å². The van der Waals surface area contributed by atoms with Gasteiger partial charge in [0.25, 0.3) is 0 Å². The molecule has 21 heavy (non-hydrogen) atoms. The van der Waals surface area contributed by atoms with Crippen molar-refractivity contribution in [1.82, 2.24) is 10.0 Å². The molecule has 2 aliphatic heterocycles. The van der Waals surface area contributed by atoms with Crippen molar-refractivity contribution in [2.45, 2.75) is 58.4 Å². The van der Waals surface area contributed by atoms with Crippen LogP contribution in [0.2, 0.25) is 0 Å². The van der Waals surface area contributed by atoms with Gasteiger partial charge in [-0.05, 0) is 13.0 Å². The zero-order valence-corrected chi connectivity index (χ0v) is 16.5. The molecule has 9 heteroatoms. The van der Waals surface area contributed by atoms with Gasteiger partial charge in [-0.1, -0.05) is 33.3 Å². The van der Waals surface area contributed by atoms with Gasteiger partial charge >= 0.3 is 24.3 Å². The molecule has 0 saturated carbocycles. The van der Waals surface area contributed by atoms with Crippen molar-refractivity contribution in [3.05, 3.63) is 22.6 Å². The second-order valence-electron chi connectivity index (χ2n) is 5.12. The van der Waals surface area contributed by atoms with Crippen molar-refractivity contribution in [2.75, 3.05) is 6.61 Å². The minimum absolute atomic E-state index is 0. The maximum absolute atomic E-state index is 9.63. The SMILES string of the molecule is CC1=CC(C)N(C(CO)N2[N-]C(C)CC2C)[N-]1.Cl.Cl.[O]=[Nb]. The van der Waals surface area contributed by atoms with Crippen LogP contribution in [0.5, 0.6) is 0 Å². The molecule has 125 valence electrons. The van der Waals surface area contributed by atoms with E-state index in [0.29, 0.717) is 33.1 Å². The predicted molar refractivity (Wildman–Crippen MR) is 83.2 cm³/mol. The Morgan fingerprint density at radius 1 is 1.33 bits per heavy atom. The van der Waals surface area contributed by atoms with Crippen LogP contribution < -0.4 is 0 Å². The van der Waals surface area contributed by atoms with E-state index in [1.807, 2.05) is 16.9 Å². The summed E-state index contributed by atoms with van der Waals surface area (Å²) < 4.78 is 8.30. The number of aliphatic hydroxyl groups is 1. The fourth-order valence-electron chi connectivity index (χ4n) is 2.72. The molecule has 0 spiro atoms. The summed E-state index contributed by atoms with van der Waals surface area (Å²) in [6.07, 6.45) is 3.01. The molecule has 4 atom stereocenters. The minimum atomic E-state index is -0.140. The topological polar surface area (TPSA) is 72.0 Å². The number of halogens is 2. The summed E-state index contributed by atoms with van der Waals surface area (Å²) in [4.78, 5) is 0. The average molecular weight is 420 g/mol. The van der Waals surface area contributed by atoms with Crippen molar-refractivity contribution in [3.63, 3.8) is 0 Å². The summed E-state index contributed by atoms with van der Waals surface area (Å²) in [5.41, 5.74) is 10.1. The van der Waals surface area contributed by atoms with Gasteiger partial charge in [0.05, 0.1) is 12.8 Å². The summed E-state index contributed by atoms with van der Waals surface area (Å²) in [6.45, 7) is 8.39. The van der Waals surface area contributed by atoms with Gasteiger partial charge in [0, 0.05) is 6.04 Å². The van der Waals surface area contributed by atoms with Crippen LogP contribution in [0.3, 0.4) is 0 Å². The Balaban J connectivity index is 0. The molecule has 4 unspecified atom stereocenters. The molecule has 0 bridgehead atoms. The van der Waals surface area contributed by atoms with E-state index < -0.39 is 0 Å². The van der Waals surface area contributed by atoms with Crippen LogP contribution in [0.4, 0.5) is 0 Å². The zero-order valence-electron chi connectivity index (χ0n) is 12.7. The van der Waals surface area contributed by atoms with E-state index in [1.165, 1.54) is 0 Å². The van der Waals surface area contributed by atoms with Crippen molar-refractivity contribution in [1.29, 1.82) is 0 Å². The van der Waals surface area contributed by atoms with E-state index in [4.69, 9.17) is 3.25 Å². The van der Waals surface area contributed by atoms with Crippen LogP contribution in [-0.2, 0) is 24.3 Å². The number of hydrogen-bond acceptors (Lipinski definition) is 4. The first-order chi connectivity index (χ1) is 9.02. The summed E-state index contributed by atoms with van der Waals surface area (Å²) in [7, 11) is 0. The van der Waals surface area contributed by atoms with E-state index in [-0.39, 0.29) is 43.6 Å². The Kier molecular flexibility index (Phi) is 12.6. The normalized spacial score (nSPS) is 30.1. The molecule has 2 aliphatic rings. The molecule has 2 heterocycles. The van der Waals surface area contributed by atoms with Gasteiger partial charge in [-0.15, -0.1) is 30.9 Å². The molecular weight excluding hydrogens is 396 g/mol. The molecule has 0 aromatic carbocycles. The van der Waals surface area contributed by atoms with Crippen LogP contribution in [0.1, 0.15) is 34.1 Å². The quantitative estimate of drug-likeness (QED) is 0.713. The Hall–Kier alpha value is 0.500. The summed E-state index contributed by atoms with van der Waals surface area (Å²) in [6, 6.07) is 0.932. The second-order valence-corrected chi connectivity index (χ2v) is 5.12. The van der Waals surface area contributed by atoms with Crippen molar-refractivity contribution < 1.29 is 29.4 Å². The van der Waals surface area contributed by atoms with E-state index in [9.17, 15) is 5.11 Å². The first-order valence-electron chi connectivity index (χ1n) is 6.49. The fraction of sp³-hybridized carbons (Fsp3) is 0.833. The third-order valence-electron chi connectivity index (χ3n) is 3.41. The Morgan fingerprint density at radius 3 is 2.24 bits per heavy atom. The third-order valence-corrected chi connectivity index (χ3v) is 3.41. The van der Waals surface area contributed by atoms with Gasteiger partial charge < -0.3 is 26.0 Å². The third kappa shape index (κ3) is 5.89. The van der Waals surface area contributed by atoms with Crippen LogP contribution in [0, 0.1) is 0 Å². The number of nitrogens with zero attached hydrogens (tertiary/aromatic N) is 4. The van der Waals surface area contributed by atoms with Gasteiger partial charge in [-0.25, -0.2) is 0 Å². The van der Waals surface area contributed by atoms with Gasteiger partial charge in [0.15, 0.2) is 0 Å². The Bertz CT molecular complexity index is 336. The van der Waals surface area contributed by atoms with Gasteiger partial charge in [-0.3, -0.25) is 0 Å². The van der Waals surface area contributed by atoms with E-state index in [1.54, 1.807) is 0 Å². The summed E-state index contributed by atoms with van der Waals surface area (Å²) in [5.74, 6) is 0. The van der Waals surface area contributed by atoms with Crippen molar-refractivity contribution >= 4 is 24.8 Å². The van der Waals surface area contributed by atoms with Crippen LogP contribution in [0.25, 0.3) is 10.9 Å². The molecule has 0 radical (unpaired) electrons. The maximum atomic E-state index is 9.63. The monoisotopic (exact) mass is 419 g/mol. The number of aliphatic hydroxyl groups excluding tert-OH is 1. The van der Waals surface area contributed by atoms with Crippen LogP contribution in [0.15, 0.2) is 11.8 Å². The first kappa shape index (κ1) is 23.8. The molecule has 0 aliphatic carbocycles. The zero-order chi connectivity index (χ0) is 14.6. The number of allylic oxidation sites excluding steroid dienone is 1. The molecule has 0 amide bonds. The molecule has 0 aromatic heterocycles. The summed E-state index contributed by atoms with van der Waals surface area (Å²) >= 11 is 0.500. The first-order valence-corrected chi connectivity index (χ1v) is 7.39. The van der Waals surface area contributed by atoms with Gasteiger partial charge in [0.1, 0.15) is 0 Å². The molecular formula is C12H24Cl2N4NbO2-2. The number of rotatable bonds is 3. The van der Waals surface area contributed by atoms with Crippen LogP contribution >= 0.6 is 24.8 Å². The average Bonchev–Trinajstić information content (AvgIpc) is 2.87. The second kappa shape index (κ2) is 11.1. The Morgan fingerprint density at radius 2 is 1.90 bits per heavy atom. The standard InChI is InChI=1S/C12H22N4O.2ClH.Nb.O/c1-8-5-10(3)15(13-8)12(7-17)16-11(4)6-9(2)14-16;;;;/h5,9-12,17H,6-7H2,1-4H3;2*1H;;/q-2;;;;. The molecule has 6 nitrogen and oxygen atoms in total. The summed E-state index contributed by atoms with van der Waals surface area (Å²) in [5, 5.41) is 13.6. The van der Waals surface area contributed by atoms with E-state index >= 15 is 0 Å². The number of hydrogen-bond donors (Lipinski definition) is 1. The van der Waals surface area contributed by atoms with Crippen LogP contribution in [-0.4, -0.2) is 46.0 Å². The molecule has 1 fully saturated rings. The van der Waals surface area contributed by atoms with E-state index in [0.717, 1.165) is 12.1 Å². The van der Waals surface area contributed by atoms with Gasteiger partial charge in [0.2, 0.25) is 0 Å². The molecule has 2 rings (SSSR count). The van der Waals surface area contributed by atoms with Gasteiger partial charge in [-0.2, -0.15) is 5.70 Å². The fourth-order valence-corrected chi connectivity index (χ4v) is 2.72. The Labute approximate surface area is 151 Å². The predicted octanol–water partition coefficient (Wildman–Crippen LogP) is 2.70.